The third-order valence-corrected chi connectivity index (χ3v) is 2.14. The van der Waals surface area contributed by atoms with Crippen LogP contribution >= 0.6 is 0 Å². The fourth-order valence-electron chi connectivity index (χ4n) is 1.28. The fourth-order valence-corrected chi connectivity index (χ4v) is 1.28. The van der Waals surface area contributed by atoms with E-state index in [4.69, 9.17) is 15.3 Å². The Kier molecular flexibility index (Phi) is 4.53. The second-order valence-corrected chi connectivity index (χ2v) is 3.47. The van der Waals surface area contributed by atoms with Gasteiger partial charge in [0, 0.05) is 13.1 Å². The number of furan rings is 1. The Morgan fingerprint density at radius 3 is 2.71 bits per heavy atom. The van der Waals surface area contributed by atoms with Gasteiger partial charge in [0.1, 0.15) is 5.76 Å². The zero-order chi connectivity index (χ0) is 12.8. The predicted octanol–water partition coefficient (Wildman–Crippen LogP) is 0.297. The van der Waals surface area contributed by atoms with Gasteiger partial charge in [-0.1, -0.05) is 0 Å². The van der Waals surface area contributed by atoms with Gasteiger partial charge in [-0.2, -0.15) is 0 Å². The summed E-state index contributed by atoms with van der Waals surface area (Å²) in [5, 5.41) is 14.2. The minimum absolute atomic E-state index is 0.0936. The lowest BCUT2D eigenvalue weighted by Gasteiger charge is -2.10. The first kappa shape index (κ1) is 13.0. The van der Waals surface area contributed by atoms with Gasteiger partial charge in [0.2, 0.25) is 5.76 Å². The second-order valence-electron chi connectivity index (χ2n) is 3.47. The Hall–Kier alpha value is -2.02. The monoisotopic (exact) mass is 241 g/mol. The number of aromatic carboxylic acids is 1. The van der Waals surface area contributed by atoms with E-state index < -0.39 is 12.0 Å². The Labute approximate surface area is 98.0 Å². The summed E-state index contributed by atoms with van der Waals surface area (Å²) in [6.07, 6.45) is 0. The van der Waals surface area contributed by atoms with Crippen LogP contribution in [0.4, 0.5) is 4.79 Å². The molecule has 0 radical (unpaired) electrons. The molecule has 0 aliphatic rings. The molecule has 1 atom stereocenters. The fraction of sp³-hybridized carbons (Fsp3) is 0.400. The first-order valence-electron chi connectivity index (χ1n) is 5.10. The van der Waals surface area contributed by atoms with Crippen molar-refractivity contribution in [2.75, 3.05) is 13.1 Å². The minimum atomic E-state index is -1.10. The lowest BCUT2D eigenvalue weighted by molar-refractivity contribution is 0.0659. The van der Waals surface area contributed by atoms with Crippen LogP contribution in [0.5, 0.6) is 0 Å². The first-order chi connectivity index (χ1) is 8.00. The third kappa shape index (κ3) is 4.15. The number of urea groups is 1. The number of nitrogens with two attached hydrogens (primary N) is 1. The van der Waals surface area contributed by atoms with Crippen molar-refractivity contribution in [2.45, 2.75) is 13.0 Å². The minimum Gasteiger partial charge on any atom is -0.475 e. The van der Waals surface area contributed by atoms with E-state index in [1.165, 1.54) is 6.07 Å². The number of carbonyl (C=O) groups is 2. The second kappa shape index (κ2) is 5.90. The zero-order valence-electron chi connectivity index (χ0n) is 9.40. The average Bonchev–Trinajstić information content (AvgIpc) is 2.73. The Morgan fingerprint density at radius 2 is 2.18 bits per heavy atom. The molecule has 0 aliphatic heterocycles. The molecule has 7 heteroatoms. The predicted molar refractivity (Wildman–Crippen MR) is 59.7 cm³/mol. The lowest BCUT2D eigenvalue weighted by Crippen LogP contribution is -2.35. The molecule has 0 aliphatic carbocycles. The molecular formula is C10H15N3O4. The van der Waals surface area contributed by atoms with Gasteiger partial charge in [-0.25, -0.2) is 9.59 Å². The molecule has 94 valence electrons. The maximum Gasteiger partial charge on any atom is 0.371 e. The van der Waals surface area contributed by atoms with Crippen LogP contribution in [-0.2, 0) is 0 Å². The van der Waals surface area contributed by atoms with Crippen molar-refractivity contribution in [1.82, 2.24) is 10.6 Å². The van der Waals surface area contributed by atoms with E-state index >= 15 is 0 Å². The molecule has 17 heavy (non-hydrogen) atoms. The van der Waals surface area contributed by atoms with Crippen LogP contribution < -0.4 is 16.4 Å². The summed E-state index contributed by atoms with van der Waals surface area (Å²) in [4.78, 5) is 21.0. The molecule has 0 bridgehead atoms. The number of carbonyl (C=O) groups excluding carboxylic acids is 1. The molecule has 5 N–H and O–H groups in total. The van der Waals surface area contributed by atoms with Gasteiger partial charge in [0.05, 0.1) is 6.04 Å². The van der Waals surface area contributed by atoms with Crippen LogP contribution in [0.15, 0.2) is 16.5 Å². The van der Waals surface area contributed by atoms with Crippen molar-refractivity contribution in [3.8, 4) is 0 Å². The molecule has 1 rings (SSSR count). The largest absolute Gasteiger partial charge is 0.475 e. The van der Waals surface area contributed by atoms with E-state index in [9.17, 15) is 9.59 Å². The van der Waals surface area contributed by atoms with Gasteiger partial charge in [0.25, 0.3) is 0 Å². The van der Waals surface area contributed by atoms with E-state index in [2.05, 4.69) is 10.6 Å². The van der Waals surface area contributed by atoms with Gasteiger partial charge in [-0.05, 0) is 19.1 Å². The third-order valence-electron chi connectivity index (χ3n) is 2.14. The molecule has 0 saturated heterocycles. The molecule has 1 aromatic rings. The van der Waals surface area contributed by atoms with Crippen LogP contribution in [0.25, 0.3) is 0 Å². The van der Waals surface area contributed by atoms with Gasteiger partial charge >= 0.3 is 12.0 Å². The number of primary amides is 1. The zero-order valence-corrected chi connectivity index (χ0v) is 9.40. The number of rotatable bonds is 6. The summed E-state index contributed by atoms with van der Waals surface area (Å²) in [6.45, 7) is 2.73. The molecule has 1 aromatic heterocycles. The van der Waals surface area contributed by atoms with Crippen LogP contribution in [0, 0.1) is 0 Å². The molecular weight excluding hydrogens is 226 g/mol. The molecule has 0 spiro atoms. The van der Waals surface area contributed by atoms with Gasteiger partial charge in [-0.15, -0.1) is 0 Å². The topological polar surface area (TPSA) is 118 Å². The molecule has 1 unspecified atom stereocenters. The molecule has 2 amide bonds. The summed E-state index contributed by atoms with van der Waals surface area (Å²) in [5.74, 6) is -0.663. The van der Waals surface area contributed by atoms with Crippen molar-refractivity contribution < 1.29 is 19.1 Å². The van der Waals surface area contributed by atoms with Gasteiger partial charge in [0.15, 0.2) is 0 Å². The number of carboxylic acids is 1. The van der Waals surface area contributed by atoms with Crippen LogP contribution in [0.1, 0.15) is 29.3 Å². The summed E-state index contributed by atoms with van der Waals surface area (Å²) in [7, 11) is 0. The smallest absolute Gasteiger partial charge is 0.371 e. The number of hydrogen-bond acceptors (Lipinski definition) is 4. The van der Waals surface area contributed by atoms with E-state index in [-0.39, 0.29) is 11.8 Å². The van der Waals surface area contributed by atoms with E-state index in [0.717, 1.165) is 0 Å². The summed E-state index contributed by atoms with van der Waals surface area (Å²) in [6, 6.07) is 2.28. The number of nitrogens with one attached hydrogen (secondary N) is 2. The van der Waals surface area contributed by atoms with Crippen LogP contribution in [0.3, 0.4) is 0 Å². The number of carboxylic acid groups (broad SMARTS) is 1. The van der Waals surface area contributed by atoms with Crippen molar-refractivity contribution in [2.24, 2.45) is 5.73 Å². The molecule has 1 heterocycles. The van der Waals surface area contributed by atoms with Gasteiger partial charge in [-0.3, -0.25) is 0 Å². The first-order valence-corrected chi connectivity index (χ1v) is 5.10. The molecule has 0 fully saturated rings. The average molecular weight is 241 g/mol. The highest BCUT2D eigenvalue weighted by Gasteiger charge is 2.13. The Bertz CT molecular complexity index is 402. The van der Waals surface area contributed by atoms with E-state index in [1.807, 2.05) is 6.92 Å². The highest BCUT2D eigenvalue weighted by molar-refractivity contribution is 5.84. The Morgan fingerprint density at radius 1 is 1.47 bits per heavy atom. The number of hydrogen-bond donors (Lipinski definition) is 4. The van der Waals surface area contributed by atoms with E-state index in [1.54, 1.807) is 6.07 Å². The van der Waals surface area contributed by atoms with Crippen LogP contribution in [-0.4, -0.2) is 30.2 Å². The quantitative estimate of drug-likeness (QED) is 0.534. The Balaban J connectivity index is 2.38. The lowest BCUT2D eigenvalue weighted by atomic mass is 10.2. The highest BCUT2D eigenvalue weighted by Crippen LogP contribution is 2.15. The maximum atomic E-state index is 10.6. The number of amides is 2. The van der Waals surface area contributed by atoms with Crippen LogP contribution in [0.2, 0.25) is 0 Å². The summed E-state index contributed by atoms with van der Waals surface area (Å²) >= 11 is 0. The van der Waals surface area contributed by atoms with Crippen molar-refractivity contribution >= 4 is 12.0 Å². The van der Waals surface area contributed by atoms with Crippen molar-refractivity contribution in [3.05, 3.63) is 23.7 Å². The van der Waals surface area contributed by atoms with Crippen molar-refractivity contribution in [1.29, 1.82) is 0 Å². The summed E-state index contributed by atoms with van der Waals surface area (Å²) in [5.41, 5.74) is 4.90. The van der Waals surface area contributed by atoms with Gasteiger partial charge < -0.3 is 25.9 Å². The van der Waals surface area contributed by atoms with Crippen molar-refractivity contribution in [3.63, 3.8) is 0 Å². The maximum absolute atomic E-state index is 10.6. The van der Waals surface area contributed by atoms with E-state index in [0.29, 0.717) is 18.8 Å². The highest BCUT2D eigenvalue weighted by atomic mass is 16.4. The molecule has 0 aromatic carbocycles. The SMILES string of the molecule is CC(NCCNC(N)=O)c1ccc(C(=O)O)o1. The molecule has 7 nitrogen and oxygen atoms in total. The standard InChI is InChI=1S/C10H15N3O4/c1-6(12-4-5-13-10(11)16)7-2-3-8(17-7)9(14)15/h2-3,6,12H,4-5H2,1H3,(H,14,15)(H3,11,13,16). The molecule has 0 saturated carbocycles. The normalized spacial score (nSPS) is 12.1. The summed E-state index contributed by atoms with van der Waals surface area (Å²) < 4.78 is 5.11.